The Morgan fingerprint density at radius 2 is 1.58 bits per heavy atom. The smallest absolute Gasteiger partial charge is 0.00940 e. The lowest BCUT2D eigenvalue weighted by Gasteiger charge is -2.10. The lowest BCUT2D eigenvalue weighted by Crippen LogP contribution is -1.89. The van der Waals surface area contributed by atoms with Crippen LogP contribution in [0.4, 0.5) is 0 Å². The summed E-state index contributed by atoms with van der Waals surface area (Å²) in [6.45, 7) is 7.80. The molecule has 3 rings (SSSR count). The minimum Gasteiger partial charge on any atom is -0.103 e. The number of hydrogen-bond acceptors (Lipinski definition) is 0. The second-order valence-corrected chi connectivity index (χ2v) is 4.76. The fourth-order valence-electron chi connectivity index (χ4n) is 2.66. The fraction of sp³-hybridized carbons (Fsp3) is 0.0526. The highest BCUT2D eigenvalue weighted by molar-refractivity contribution is 6.02. The van der Waals surface area contributed by atoms with Gasteiger partial charge in [0.2, 0.25) is 0 Å². The van der Waals surface area contributed by atoms with E-state index in [1.807, 2.05) is 12.2 Å². The van der Waals surface area contributed by atoms with E-state index in [9.17, 15) is 0 Å². The van der Waals surface area contributed by atoms with Crippen LogP contribution in [0, 0.1) is 0 Å². The van der Waals surface area contributed by atoms with E-state index in [4.69, 9.17) is 0 Å². The topological polar surface area (TPSA) is 0 Å². The van der Waals surface area contributed by atoms with E-state index in [2.05, 4.69) is 61.7 Å². The predicted octanol–water partition coefficient (Wildman–Crippen LogP) is 5.36. The van der Waals surface area contributed by atoms with Crippen LogP contribution in [-0.4, -0.2) is 0 Å². The van der Waals surface area contributed by atoms with E-state index in [0.717, 1.165) is 6.42 Å². The van der Waals surface area contributed by atoms with Gasteiger partial charge in [0.1, 0.15) is 0 Å². The molecular formula is C19H16. The van der Waals surface area contributed by atoms with Crippen molar-refractivity contribution < 1.29 is 0 Å². The standard InChI is InChI=1S/C19H16/c1-3-7-14-10-11-17-12-15-8-5-6-9-16(15)13-19(17)18(14)4-2/h3-6,8-13H,1-2,7H2. The molecular weight excluding hydrogens is 228 g/mol. The normalized spacial score (nSPS) is 10.7. The van der Waals surface area contributed by atoms with E-state index < -0.39 is 0 Å². The lowest BCUT2D eigenvalue weighted by atomic mass is 9.94. The van der Waals surface area contributed by atoms with Gasteiger partial charge in [-0.2, -0.15) is 0 Å². The zero-order chi connectivity index (χ0) is 13.2. The summed E-state index contributed by atoms with van der Waals surface area (Å²) in [5.74, 6) is 0. The molecule has 3 aromatic rings. The first kappa shape index (κ1) is 11.7. The molecule has 0 spiro atoms. The van der Waals surface area contributed by atoms with Crippen LogP contribution in [0.2, 0.25) is 0 Å². The van der Waals surface area contributed by atoms with Gasteiger partial charge in [0, 0.05) is 0 Å². The molecule has 0 heterocycles. The molecule has 0 nitrogen and oxygen atoms in total. The Morgan fingerprint density at radius 3 is 2.26 bits per heavy atom. The Labute approximate surface area is 113 Å². The van der Waals surface area contributed by atoms with Crippen molar-refractivity contribution >= 4 is 27.6 Å². The second-order valence-electron chi connectivity index (χ2n) is 4.76. The van der Waals surface area contributed by atoms with Crippen molar-refractivity contribution in [3.05, 3.63) is 78.9 Å². The van der Waals surface area contributed by atoms with Gasteiger partial charge in [-0.3, -0.25) is 0 Å². The van der Waals surface area contributed by atoms with Crippen LogP contribution in [0.3, 0.4) is 0 Å². The van der Waals surface area contributed by atoms with E-state index >= 15 is 0 Å². The maximum absolute atomic E-state index is 3.97. The molecule has 3 aromatic carbocycles. The van der Waals surface area contributed by atoms with Crippen molar-refractivity contribution in [3.8, 4) is 0 Å². The highest BCUT2D eigenvalue weighted by Crippen LogP contribution is 2.28. The Kier molecular flexibility index (Phi) is 2.92. The predicted molar refractivity (Wildman–Crippen MR) is 85.4 cm³/mol. The number of hydrogen-bond donors (Lipinski definition) is 0. The molecule has 0 N–H and O–H groups in total. The minimum absolute atomic E-state index is 0.879. The molecule has 0 atom stereocenters. The van der Waals surface area contributed by atoms with Gasteiger partial charge >= 0.3 is 0 Å². The first-order valence-electron chi connectivity index (χ1n) is 6.51. The van der Waals surface area contributed by atoms with Gasteiger partial charge in [-0.15, -0.1) is 6.58 Å². The molecule has 0 heteroatoms. The quantitative estimate of drug-likeness (QED) is 0.429. The Balaban J connectivity index is 2.40. The molecule has 0 saturated carbocycles. The van der Waals surface area contributed by atoms with E-state index in [1.54, 1.807) is 0 Å². The summed E-state index contributed by atoms with van der Waals surface area (Å²) < 4.78 is 0. The summed E-state index contributed by atoms with van der Waals surface area (Å²) in [4.78, 5) is 0. The van der Waals surface area contributed by atoms with Crippen LogP contribution in [0.15, 0.2) is 67.8 Å². The highest BCUT2D eigenvalue weighted by Gasteiger charge is 2.05. The number of benzene rings is 3. The maximum atomic E-state index is 3.97. The molecule has 0 aliphatic rings. The monoisotopic (exact) mass is 244 g/mol. The third-order valence-corrected chi connectivity index (χ3v) is 3.59. The average molecular weight is 244 g/mol. The summed E-state index contributed by atoms with van der Waals surface area (Å²) in [6.07, 6.45) is 4.77. The third-order valence-electron chi connectivity index (χ3n) is 3.59. The molecule has 0 unspecified atom stereocenters. The van der Waals surface area contributed by atoms with Gasteiger partial charge in [0.15, 0.2) is 0 Å². The van der Waals surface area contributed by atoms with Gasteiger partial charge in [-0.25, -0.2) is 0 Å². The maximum Gasteiger partial charge on any atom is -0.00940 e. The Morgan fingerprint density at radius 1 is 0.842 bits per heavy atom. The third kappa shape index (κ3) is 1.96. The molecule has 0 aromatic heterocycles. The van der Waals surface area contributed by atoms with Gasteiger partial charge < -0.3 is 0 Å². The first-order chi connectivity index (χ1) is 9.33. The van der Waals surface area contributed by atoms with Crippen molar-refractivity contribution in [3.63, 3.8) is 0 Å². The average Bonchev–Trinajstić information content (AvgIpc) is 2.45. The van der Waals surface area contributed by atoms with Crippen molar-refractivity contribution in [2.75, 3.05) is 0 Å². The number of allylic oxidation sites excluding steroid dienone is 1. The van der Waals surface area contributed by atoms with Gasteiger partial charge in [0.05, 0.1) is 0 Å². The van der Waals surface area contributed by atoms with Crippen LogP contribution >= 0.6 is 0 Å². The largest absolute Gasteiger partial charge is 0.103 e. The molecule has 0 aliphatic heterocycles. The van der Waals surface area contributed by atoms with E-state index in [-0.39, 0.29) is 0 Å². The molecule has 0 radical (unpaired) electrons. The summed E-state index contributed by atoms with van der Waals surface area (Å²) in [5, 5.41) is 5.09. The van der Waals surface area contributed by atoms with Crippen LogP contribution in [0.5, 0.6) is 0 Å². The Bertz CT molecular complexity index is 778. The Hall–Kier alpha value is -2.34. The lowest BCUT2D eigenvalue weighted by molar-refractivity contribution is 1.28. The van der Waals surface area contributed by atoms with Crippen molar-refractivity contribution in [1.29, 1.82) is 0 Å². The van der Waals surface area contributed by atoms with Gasteiger partial charge in [-0.05, 0) is 51.2 Å². The van der Waals surface area contributed by atoms with E-state index in [1.165, 1.54) is 32.7 Å². The SMILES string of the molecule is C=CCc1ccc2cc3ccccc3cc2c1C=C. The van der Waals surface area contributed by atoms with Gasteiger partial charge in [0.25, 0.3) is 0 Å². The molecule has 19 heavy (non-hydrogen) atoms. The zero-order valence-electron chi connectivity index (χ0n) is 10.9. The molecule has 0 bridgehead atoms. The molecule has 92 valence electrons. The zero-order valence-corrected chi connectivity index (χ0v) is 10.9. The van der Waals surface area contributed by atoms with Crippen LogP contribution in [0.25, 0.3) is 27.6 Å². The number of rotatable bonds is 3. The van der Waals surface area contributed by atoms with Crippen LogP contribution < -0.4 is 0 Å². The summed E-state index contributed by atoms with van der Waals surface area (Å²) in [6, 6.07) is 17.3. The van der Waals surface area contributed by atoms with Crippen LogP contribution in [0.1, 0.15) is 11.1 Å². The summed E-state index contributed by atoms with van der Waals surface area (Å²) in [5.41, 5.74) is 2.51. The molecule has 0 fully saturated rings. The number of fused-ring (bicyclic) bond motifs is 2. The second kappa shape index (κ2) is 4.74. The molecule has 0 saturated heterocycles. The van der Waals surface area contributed by atoms with Crippen molar-refractivity contribution in [2.45, 2.75) is 6.42 Å². The van der Waals surface area contributed by atoms with Gasteiger partial charge in [-0.1, -0.05) is 55.1 Å². The van der Waals surface area contributed by atoms with E-state index in [0.29, 0.717) is 0 Å². The minimum atomic E-state index is 0.879. The highest BCUT2D eigenvalue weighted by atomic mass is 14.1. The summed E-state index contributed by atoms with van der Waals surface area (Å²) in [7, 11) is 0. The van der Waals surface area contributed by atoms with Crippen molar-refractivity contribution in [2.24, 2.45) is 0 Å². The van der Waals surface area contributed by atoms with Crippen LogP contribution in [-0.2, 0) is 6.42 Å². The molecule has 0 amide bonds. The summed E-state index contributed by atoms with van der Waals surface area (Å²) >= 11 is 0. The molecule has 0 aliphatic carbocycles. The fourth-order valence-corrected chi connectivity index (χ4v) is 2.66. The first-order valence-corrected chi connectivity index (χ1v) is 6.51. The van der Waals surface area contributed by atoms with Crippen molar-refractivity contribution in [1.82, 2.24) is 0 Å².